The molecule has 1 aromatic rings. The van der Waals surface area contributed by atoms with Crippen molar-refractivity contribution in [1.82, 2.24) is 15.5 Å². The minimum absolute atomic E-state index is 0.222. The van der Waals surface area contributed by atoms with Crippen molar-refractivity contribution in [2.24, 2.45) is 5.92 Å². The number of amides is 1. The van der Waals surface area contributed by atoms with Gasteiger partial charge in [-0.25, -0.2) is 0 Å². The fourth-order valence-electron chi connectivity index (χ4n) is 1.30. The van der Waals surface area contributed by atoms with Crippen LogP contribution in [0.1, 0.15) is 17.4 Å². The normalized spacial score (nSPS) is 11.9. The molecule has 0 bridgehead atoms. The molecule has 94 valence electrons. The summed E-state index contributed by atoms with van der Waals surface area (Å²) in [5, 5.41) is 13.5. The molecule has 6 heteroatoms. The first-order valence-electron chi connectivity index (χ1n) is 5.46. The molecular formula is C11H18N4OS. The fraction of sp³-hybridized carbons (Fsp3) is 0.545. The molecule has 0 aromatic carbocycles. The lowest BCUT2D eigenvalue weighted by atomic mass is 10.2. The summed E-state index contributed by atoms with van der Waals surface area (Å²) in [6, 6.07) is 3.43. The van der Waals surface area contributed by atoms with Crippen LogP contribution >= 0.6 is 11.8 Å². The second-order valence-electron chi connectivity index (χ2n) is 3.82. The van der Waals surface area contributed by atoms with Gasteiger partial charge in [0.1, 0.15) is 5.82 Å². The molecule has 1 aromatic heterocycles. The van der Waals surface area contributed by atoms with E-state index in [2.05, 4.69) is 34.0 Å². The molecule has 1 atom stereocenters. The molecule has 0 aliphatic heterocycles. The Balaban J connectivity index is 2.48. The number of thioether (sulfide) groups is 1. The molecule has 2 N–H and O–H groups in total. The van der Waals surface area contributed by atoms with E-state index in [1.54, 1.807) is 19.2 Å². The van der Waals surface area contributed by atoms with E-state index in [0.29, 0.717) is 17.4 Å². The Morgan fingerprint density at radius 2 is 2.24 bits per heavy atom. The summed E-state index contributed by atoms with van der Waals surface area (Å²) < 4.78 is 0. The van der Waals surface area contributed by atoms with Crippen LogP contribution < -0.4 is 10.6 Å². The van der Waals surface area contributed by atoms with Crippen LogP contribution in [0.5, 0.6) is 0 Å². The molecule has 0 aliphatic rings. The molecule has 0 saturated carbocycles. The van der Waals surface area contributed by atoms with Crippen molar-refractivity contribution in [3.8, 4) is 0 Å². The molecule has 0 fully saturated rings. The smallest absolute Gasteiger partial charge is 0.271 e. The van der Waals surface area contributed by atoms with Gasteiger partial charge in [-0.15, -0.1) is 10.2 Å². The van der Waals surface area contributed by atoms with Crippen LogP contribution in [0, 0.1) is 5.92 Å². The molecule has 0 aliphatic carbocycles. The van der Waals surface area contributed by atoms with Crippen molar-refractivity contribution in [3.63, 3.8) is 0 Å². The van der Waals surface area contributed by atoms with E-state index in [1.165, 1.54) is 0 Å². The summed E-state index contributed by atoms with van der Waals surface area (Å²) in [4.78, 5) is 11.2. The second-order valence-corrected chi connectivity index (χ2v) is 4.74. The molecule has 1 amide bonds. The molecule has 1 unspecified atom stereocenters. The Morgan fingerprint density at radius 3 is 2.76 bits per heavy atom. The zero-order valence-electron chi connectivity index (χ0n) is 10.4. The van der Waals surface area contributed by atoms with Gasteiger partial charge >= 0.3 is 0 Å². The number of hydrogen-bond donors (Lipinski definition) is 2. The van der Waals surface area contributed by atoms with Gasteiger partial charge in [0, 0.05) is 13.6 Å². The first-order valence-corrected chi connectivity index (χ1v) is 6.85. The third-order valence-corrected chi connectivity index (χ3v) is 3.11. The number of carbonyl (C=O) groups is 1. The van der Waals surface area contributed by atoms with E-state index in [1.807, 2.05) is 11.8 Å². The topological polar surface area (TPSA) is 66.9 Å². The van der Waals surface area contributed by atoms with Crippen molar-refractivity contribution < 1.29 is 4.79 Å². The average molecular weight is 254 g/mol. The third-order valence-electron chi connectivity index (χ3n) is 2.21. The molecule has 17 heavy (non-hydrogen) atoms. The minimum Gasteiger partial charge on any atom is -0.368 e. The number of anilines is 1. The number of nitrogens with one attached hydrogen (secondary N) is 2. The van der Waals surface area contributed by atoms with Crippen molar-refractivity contribution in [1.29, 1.82) is 0 Å². The maximum absolute atomic E-state index is 11.2. The second kappa shape index (κ2) is 7.11. The first kappa shape index (κ1) is 13.8. The lowest BCUT2D eigenvalue weighted by molar-refractivity contribution is 0.0957. The fourth-order valence-corrected chi connectivity index (χ4v) is 1.98. The van der Waals surface area contributed by atoms with Crippen LogP contribution in [0.25, 0.3) is 0 Å². The summed E-state index contributed by atoms with van der Waals surface area (Å²) in [6.07, 6.45) is 2.09. The molecule has 0 radical (unpaired) electrons. The quantitative estimate of drug-likeness (QED) is 0.799. The summed E-state index contributed by atoms with van der Waals surface area (Å²) in [5.74, 6) is 2.16. The zero-order valence-corrected chi connectivity index (χ0v) is 11.2. The van der Waals surface area contributed by atoms with E-state index in [0.717, 1.165) is 12.3 Å². The summed E-state index contributed by atoms with van der Waals surface area (Å²) >= 11 is 1.83. The standard InChI is InChI=1S/C11H18N4OS/c1-8(7-17-3)6-13-10-5-4-9(14-15-10)11(16)12-2/h4-5,8H,6-7H2,1-3H3,(H,12,16)(H,13,15). The van der Waals surface area contributed by atoms with Gasteiger partial charge < -0.3 is 10.6 Å². The highest BCUT2D eigenvalue weighted by molar-refractivity contribution is 7.98. The zero-order chi connectivity index (χ0) is 12.7. The van der Waals surface area contributed by atoms with E-state index in [9.17, 15) is 4.79 Å². The van der Waals surface area contributed by atoms with Crippen molar-refractivity contribution in [3.05, 3.63) is 17.8 Å². The highest BCUT2D eigenvalue weighted by atomic mass is 32.2. The van der Waals surface area contributed by atoms with Gasteiger partial charge in [0.25, 0.3) is 5.91 Å². The van der Waals surface area contributed by atoms with Gasteiger partial charge in [0.2, 0.25) is 0 Å². The van der Waals surface area contributed by atoms with Crippen molar-refractivity contribution >= 4 is 23.5 Å². The Morgan fingerprint density at radius 1 is 1.47 bits per heavy atom. The van der Waals surface area contributed by atoms with Crippen LogP contribution in [-0.2, 0) is 0 Å². The van der Waals surface area contributed by atoms with Crippen LogP contribution in [0.15, 0.2) is 12.1 Å². The monoisotopic (exact) mass is 254 g/mol. The molecule has 0 saturated heterocycles. The highest BCUT2D eigenvalue weighted by Gasteiger charge is 2.06. The largest absolute Gasteiger partial charge is 0.368 e. The number of aromatic nitrogens is 2. The molecule has 0 spiro atoms. The first-order chi connectivity index (χ1) is 8.17. The Kier molecular flexibility index (Phi) is 5.76. The predicted molar refractivity (Wildman–Crippen MR) is 71.5 cm³/mol. The number of nitrogens with zero attached hydrogens (tertiary/aromatic N) is 2. The maximum Gasteiger partial charge on any atom is 0.271 e. The highest BCUT2D eigenvalue weighted by Crippen LogP contribution is 2.07. The van der Waals surface area contributed by atoms with Gasteiger partial charge in [-0.05, 0) is 30.1 Å². The predicted octanol–water partition coefficient (Wildman–Crippen LogP) is 1.25. The van der Waals surface area contributed by atoms with E-state index in [4.69, 9.17) is 0 Å². The molecule has 1 rings (SSSR count). The van der Waals surface area contributed by atoms with Gasteiger partial charge in [-0.1, -0.05) is 6.92 Å². The van der Waals surface area contributed by atoms with Crippen LogP contribution in [0.2, 0.25) is 0 Å². The molecule has 1 heterocycles. The number of rotatable bonds is 6. The number of carbonyl (C=O) groups excluding carboxylic acids is 1. The number of hydrogen-bond acceptors (Lipinski definition) is 5. The van der Waals surface area contributed by atoms with Gasteiger partial charge in [0.15, 0.2) is 5.69 Å². The maximum atomic E-state index is 11.2. The van der Waals surface area contributed by atoms with Crippen LogP contribution in [-0.4, -0.2) is 41.7 Å². The van der Waals surface area contributed by atoms with Crippen LogP contribution in [0.4, 0.5) is 5.82 Å². The lowest BCUT2D eigenvalue weighted by Gasteiger charge is -2.11. The van der Waals surface area contributed by atoms with Crippen molar-refractivity contribution in [2.45, 2.75) is 6.92 Å². The summed E-state index contributed by atoms with van der Waals surface area (Å²) in [6.45, 7) is 3.03. The molecular weight excluding hydrogens is 236 g/mol. The van der Waals surface area contributed by atoms with E-state index in [-0.39, 0.29) is 5.91 Å². The average Bonchev–Trinajstić information content (AvgIpc) is 2.36. The molecule has 5 nitrogen and oxygen atoms in total. The summed E-state index contributed by atoms with van der Waals surface area (Å²) in [5.41, 5.74) is 0.329. The summed E-state index contributed by atoms with van der Waals surface area (Å²) in [7, 11) is 1.57. The SMILES string of the molecule is CNC(=O)c1ccc(NCC(C)CSC)nn1. The van der Waals surface area contributed by atoms with E-state index >= 15 is 0 Å². The van der Waals surface area contributed by atoms with Gasteiger partial charge in [-0.2, -0.15) is 11.8 Å². The van der Waals surface area contributed by atoms with Gasteiger partial charge in [-0.3, -0.25) is 4.79 Å². The minimum atomic E-state index is -0.222. The Labute approximate surface area is 106 Å². The van der Waals surface area contributed by atoms with Gasteiger partial charge in [0.05, 0.1) is 0 Å². The van der Waals surface area contributed by atoms with Crippen LogP contribution in [0.3, 0.4) is 0 Å². The Bertz CT molecular complexity index is 355. The van der Waals surface area contributed by atoms with Crippen molar-refractivity contribution in [2.75, 3.05) is 30.9 Å². The third kappa shape index (κ3) is 4.60. The van der Waals surface area contributed by atoms with E-state index < -0.39 is 0 Å². The Hall–Kier alpha value is -1.30. The lowest BCUT2D eigenvalue weighted by Crippen LogP contribution is -2.20.